The number of nitrogens with zero attached hydrogens (tertiary/aromatic N) is 1. The van der Waals surface area contributed by atoms with Gasteiger partial charge in [0.1, 0.15) is 17.3 Å². The van der Waals surface area contributed by atoms with E-state index in [1.165, 1.54) is 0 Å². The zero-order chi connectivity index (χ0) is 16.4. The van der Waals surface area contributed by atoms with Crippen molar-refractivity contribution in [2.45, 2.75) is 24.9 Å². The molecule has 9 heteroatoms. The maximum absolute atomic E-state index is 13.7. The number of rotatable bonds is 5. The summed E-state index contributed by atoms with van der Waals surface area (Å²) in [5, 5.41) is 0. The molecular weight excluding hydrogens is 312 g/mol. The van der Waals surface area contributed by atoms with Crippen LogP contribution in [0.1, 0.15) is 13.8 Å². The third kappa shape index (κ3) is 4.85. The first-order chi connectivity index (χ1) is 9.43. The van der Waals surface area contributed by atoms with Gasteiger partial charge in [-0.3, -0.25) is 0 Å². The van der Waals surface area contributed by atoms with E-state index in [9.17, 15) is 26.0 Å². The van der Waals surface area contributed by atoms with Gasteiger partial charge in [-0.1, -0.05) is 13.8 Å². The molecule has 0 aliphatic carbocycles. The van der Waals surface area contributed by atoms with Crippen molar-refractivity contribution in [3.8, 4) is 0 Å². The van der Waals surface area contributed by atoms with Crippen LogP contribution in [0.15, 0.2) is 23.1 Å². The fourth-order valence-electron chi connectivity index (χ4n) is 1.71. The Morgan fingerprint density at radius 3 is 2.33 bits per heavy atom. The number of hydrogen-bond donors (Lipinski definition) is 1. The third-order valence-corrected chi connectivity index (χ3v) is 4.32. The largest absolute Gasteiger partial charge is 0.402 e. The lowest BCUT2D eigenvalue weighted by atomic mass is 10.2. The molecule has 2 N–H and O–H groups in total. The van der Waals surface area contributed by atoms with E-state index >= 15 is 0 Å². The number of nitrogen functional groups attached to an aromatic ring is 1. The molecule has 0 bridgehead atoms. The molecule has 0 aliphatic rings. The van der Waals surface area contributed by atoms with E-state index in [0.29, 0.717) is 0 Å². The first kappa shape index (κ1) is 17.7. The number of alkyl halides is 3. The number of sulfonamides is 1. The van der Waals surface area contributed by atoms with E-state index in [0.717, 1.165) is 18.2 Å². The first-order valence-corrected chi connectivity index (χ1v) is 7.49. The van der Waals surface area contributed by atoms with E-state index in [1.54, 1.807) is 13.8 Å². The highest BCUT2D eigenvalue weighted by Crippen LogP contribution is 2.26. The lowest BCUT2D eigenvalue weighted by Gasteiger charge is -2.25. The van der Waals surface area contributed by atoms with Gasteiger partial charge >= 0.3 is 6.18 Å². The monoisotopic (exact) mass is 328 g/mol. The summed E-state index contributed by atoms with van der Waals surface area (Å²) in [5.74, 6) is -1.49. The molecule has 1 rings (SSSR count). The summed E-state index contributed by atoms with van der Waals surface area (Å²) in [6.07, 6.45) is -4.72. The molecule has 0 aromatic heterocycles. The van der Waals surface area contributed by atoms with Gasteiger partial charge in [0.2, 0.25) is 10.0 Å². The van der Waals surface area contributed by atoms with Crippen molar-refractivity contribution in [3.05, 3.63) is 24.0 Å². The molecule has 0 saturated carbocycles. The van der Waals surface area contributed by atoms with Crippen molar-refractivity contribution in [2.75, 3.05) is 18.8 Å². The van der Waals surface area contributed by atoms with Gasteiger partial charge in [-0.2, -0.15) is 17.5 Å². The van der Waals surface area contributed by atoms with Crippen molar-refractivity contribution in [1.82, 2.24) is 4.31 Å². The van der Waals surface area contributed by atoms with Crippen molar-refractivity contribution >= 4 is 15.7 Å². The molecule has 0 radical (unpaired) electrons. The molecule has 1 aromatic rings. The van der Waals surface area contributed by atoms with Crippen LogP contribution in [0.3, 0.4) is 0 Å². The van der Waals surface area contributed by atoms with Crippen molar-refractivity contribution < 1.29 is 26.0 Å². The van der Waals surface area contributed by atoms with Crippen LogP contribution in [0.4, 0.5) is 23.2 Å². The number of benzene rings is 1. The van der Waals surface area contributed by atoms with E-state index in [1.807, 2.05) is 0 Å². The minimum atomic E-state index is -4.72. The second-order valence-electron chi connectivity index (χ2n) is 5.00. The van der Waals surface area contributed by atoms with Crippen LogP contribution in [-0.2, 0) is 10.0 Å². The summed E-state index contributed by atoms with van der Waals surface area (Å²) < 4.78 is 76.0. The Morgan fingerprint density at radius 2 is 1.86 bits per heavy atom. The zero-order valence-corrected chi connectivity index (χ0v) is 12.3. The molecule has 1 aromatic carbocycles. The number of anilines is 1. The van der Waals surface area contributed by atoms with Crippen molar-refractivity contribution in [3.63, 3.8) is 0 Å². The smallest absolute Gasteiger partial charge is 0.399 e. The SMILES string of the molecule is CC(C)CN(CC(F)(F)F)S(=O)(=O)c1cc(N)ccc1F. The lowest BCUT2D eigenvalue weighted by molar-refractivity contribution is -0.136. The van der Waals surface area contributed by atoms with Gasteiger partial charge in [-0.15, -0.1) is 0 Å². The topological polar surface area (TPSA) is 63.4 Å². The molecule has 0 aliphatic heterocycles. The van der Waals surface area contributed by atoms with Gasteiger partial charge < -0.3 is 5.73 Å². The van der Waals surface area contributed by atoms with Crippen LogP contribution in [-0.4, -0.2) is 32.0 Å². The summed E-state index contributed by atoms with van der Waals surface area (Å²) in [6.45, 7) is 1.07. The second-order valence-corrected chi connectivity index (χ2v) is 6.90. The standard InChI is InChI=1S/C12H16F4N2O2S/c1-8(2)6-18(7-12(14,15)16)21(19,20)11-5-9(17)3-4-10(11)13/h3-5,8H,6-7,17H2,1-2H3. The maximum atomic E-state index is 13.7. The zero-order valence-electron chi connectivity index (χ0n) is 11.5. The fourth-order valence-corrected chi connectivity index (χ4v) is 3.40. The molecule has 0 spiro atoms. The summed E-state index contributed by atoms with van der Waals surface area (Å²) in [7, 11) is -4.62. The molecule has 4 nitrogen and oxygen atoms in total. The van der Waals surface area contributed by atoms with Gasteiger partial charge in [-0.05, 0) is 24.1 Å². The Labute approximate surface area is 120 Å². The van der Waals surface area contributed by atoms with E-state index in [2.05, 4.69) is 0 Å². The average Bonchev–Trinajstić information content (AvgIpc) is 2.29. The molecule has 0 saturated heterocycles. The lowest BCUT2D eigenvalue weighted by Crippen LogP contribution is -2.41. The highest BCUT2D eigenvalue weighted by atomic mass is 32.2. The number of hydrogen-bond acceptors (Lipinski definition) is 3. The van der Waals surface area contributed by atoms with Crippen LogP contribution >= 0.6 is 0 Å². The molecule has 0 unspecified atom stereocenters. The van der Waals surface area contributed by atoms with E-state index in [4.69, 9.17) is 5.73 Å². The van der Waals surface area contributed by atoms with Crippen LogP contribution in [0.25, 0.3) is 0 Å². The van der Waals surface area contributed by atoms with Gasteiger partial charge in [0.15, 0.2) is 0 Å². The highest BCUT2D eigenvalue weighted by Gasteiger charge is 2.38. The van der Waals surface area contributed by atoms with Crippen LogP contribution in [0.5, 0.6) is 0 Å². The molecule has 0 atom stereocenters. The van der Waals surface area contributed by atoms with E-state index < -0.39 is 33.5 Å². The minimum absolute atomic E-state index is 0.0496. The predicted molar refractivity (Wildman–Crippen MR) is 70.5 cm³/mol. The van der Waals surface area contributed by atoms with Crippen molar-refractivity contribution in [2.24, 2.45) is 5.92 Å². The molecular formula is C12H16F4N2O2S. The Morgan fingerprint density at radius 1 is 1.29 bits per heavy atom. The van der Waals surface area contributed by atoms with Crippen LogP contribution in [0.2, 0.25) is 0 Å². The summed E-state index contributed by atoms with van der Waals surface area (Å²) in [6, 6.07) is 2.75. The molecule has 0 heterocycles. The van der Waals surface area contributed by atoms with Gasteiger partial charge in [0.05, 0.1) is 0 Å². The predicted octanol–water partition coefficient (Wildman–Crippen LogP) is 2.62. The molecule has 0 amide bonds. The van der Waals surface area contributed by atoms with Crippen molar-refractivity contribution in [1.29, 1.82) is 0 Å². The number of nitrogens with two attached hydrogens (primary N) is 1. The minimum Gasteiger partial charge on any atom is -0.399 e. The highest BCUT2D eigenvalue weighted by molar-refractivity contribution is 7.89. The van der Waals surface area contributed by atoms with Crippen LogP contribution < -0.4 is 5.73 Å². The van der Waals surface area contributed by atoms with E-state index in [-0.39, 0.29) is 22.5 Å². The summed E-state index contributed by atoms with van der Waals surface area (Å²) in [5.41, 5.74) is 5.33. The quantitative estimate of drug-likeness (QED) is 0.667. The summed E-state index contributed by atoms with van der Waals surface area (Å²) in [4.78, 5) is -0.854. The second kappa shape index (κ2) is 6.18. The number of halogens is 4. The van der Waals surface area contributed by atoms with Gasteiger partial charge in [0, 0.05) is 12.2 Å². The molecule has 120 valence electrons. The normalized spacial score (nSPS) is 13.1. The van der Waals surface area contributed by atoms with Gasteiger partial charge in [0.25, 0.3) is 0 Å². The summed E-state index contributed by atoms with van der Waals surface area (Å²) >= 11 is 0. The Balaban J connectivity index is 3.29. The average molecular weight is 328 g/mol. The Hall–Kier alpha value is -1.35. The molecule has 0 fully saturated rings. The van der Waals surface area contributed by atoms with Gasteiger partial charge in [-0.25, -0.2) is 12.8 Å². The molecule has 21 heavy (non-hydrogen) atoms. The third-order valence-electron chi connectivity index (χ3n) is 2.50. The van der Waals surface area contributed by atoms with Crippen LogP contribution in [0, 0.1) is 11.7 Å². The Bertz CT molecular complexity index is 600. The first-order valence-electron chi connectivity index (χ1n) is 6.05. The Kier molecular flexibility index (Phi) is 5.21. The maximum Gasteiger partial charge on any atom is 0.402 e. The fraction of sp³-hybridized carbons (Fsp3) is 0.500.